The summed E-state index contributed by atoms with van der Waals surface area (Å²) in [6.07, 6.45) is 0. The molecule has 88 valence electrons. The van der Waals surface area contributed by atoms with E-state index >= 15 is 0 Å². The molecule has 0 saturated carbocycles. The lowest BCUT2D eigenvalue weighted by molar-refractivity contribution is 0.103. The van der Waals surface area contributed by atoms with Gasteiger partial charge in [-0.05, 0) is 44.5 Å². The number of carbonyl (C=O) groups is 1. The molecule has 2 rings (SSSR count). The van der Waals surface area contributed by atoms with Crippen molar-refractivity contribution in [3.05, 3.63) is 52.5 Å². The summed E-state index contributed by atoms with van der Waals surface area (Å²) in [7, 11) is 0. The molecule has 0 spiro atoms. The molecule has 0 saturated heterocycles. The molecule has 1 aromatic carbocycles. The Labute approximate surface area is 100 Å². The van der Waals surface area contributed by atoms with Crippen molar-refractivity contribution in [3.63, 3.8) is 0 Å². The van der Waals surface area contributed by atoms with Gasteiger partial charge in [0.1, 0.15) is 11.5 Å². The van der Waals surface area contributed by atoms with Crippen LogP contribution in [0.2, 0.25) is 0 Å². The zero-order valence-corrected chi connectivity index (χ0v) is 10.2. The van der Waals surface area contributed by atoms with Crippen LogP contribution in [0.25, 0.3) is 0 Å². The maximum Gasteiger partial charge on any atom is 0.196 e. The van der Waals surface area contributed by atoms with Crippen LogP contribution in [0.3, 0.4) is 0 Å². The third-order valence-electron chi connectivity index (χ3n) is 2.79. The summed E-state index contributed by atoms with van der Waals surface area (Å²) in [5.41, 5.74) is 8.47. The Kier molecular flexibility index (Phi) is 2.76. The fraction of sp³-hybridized carbons (Fsp3) is 0.214. The summed E-state index contributed by atoms with van der Waals surface area (Å²) in [6, 6.07) is 7.12. The molecule has 3 nitrogen and oxygen atoms in total. The van der Waals surface area contributed by atoms with Gasteiger partial charge in [-0.15, -0.1) is 0 Å². The van der Waals surface area contributed by atoms with Gasteiger partial charge in [-0.1, -0.05) is 6.07 Å². The molecule has 0 aliphatic rings. The monoisotopic (exact) mass is 229 g/mol. The molecule has 0 aliphatic heterocycles. The number of nitrogen functional groups attached to an aromatic ring is 1. The second-order valence-corrected chi connectivity index (χ2v) is 4.23. The number of hydrogen-bond acceptors (Lipinski definition) is 3. The van der Waals surface area contributed by atoms with Crippen LogP contribution in [0.1, 0.15) is 33.0 Å². The largest absolute Gasteiger partial charge is 0.466 e. The number of rotatable bonds is 2. The van der Waals surface area contributed by atoms with Crippen molar-refractivity contribution in [2.24, 2.45) is 0 Å². The van der Waals surface area contributed by atoms with Crippen LogP contribution in [-0.4, -0.2) is 5.78 Å². The van der Waals surface area contributed by atoms with Gasteiger partial charge in [-0.3, -0.25) is 4.79 Å². The van der Waals surface area contributed by atoms with Crippen LogP contribution in [-0.2, 0) is 0 Å². The molecule has 0 atom stereocenters. The lowest BCUT2D eigenvalue weighted by atomic mass is 9.99. The van der Waals surface area contributed by atoms with E-state index in [4.69, 9.17) is 10.2 Å². The van der Waals surface area contributed by atoms with Gasteiger partial charge in [0.15, 0.2) is 5.78 Å². The summed E-state index contributed by atoms with van der Waals surface area (Å²) in [4.78, 5) is 12.3. The second-order valence-electron chi connectivity index (χ2n) is 4.23. The fourth-order valence-corrected chi connectivity index (χ4v) is 1.89. The summed E-state index contributed by atoms with van der Waals surface area (Å²) in [5, 5.41) is 0. The Morgan fingerprint density at radius 2 is 1.82 bits per heavy atom. The number of anilines is 1. The molecule has 2 aromatic rings. The van der Waals surface area contributed by atoms with Crippen LogP contribution in [0.15, 0.2) is 28.7 Å². The highest BCUT2D eigenvalue weighted by Crippen LogP contribution is 2.21. The van der Waals surface area contributed by atoms with E-state index in [9.17, 15) is 4.79 Å². The molecule has 0 unspecified atom stereocenters. The second kappa shape index (κ2) is 4.09. The molecular formula is C14H15NO2. The highest BCUT2D eigenvalue weighted by Gasteiger charge is 2.17. The average molecular weight is 229 g/mol. The number of benzene rings is 1. The Morgan fingerprint density at radius 3 is 2.41 bits per heavy atom. The standard InChI is InChI=1S/C14H15NO2/c1-8-4-5-11(15)7-12(8)14(16)13-6-9(2)17-10(13)3/h4-7H,15H2,1-3H3. The van der Waals surface area contributed by atoms with Crippen molar-refractivity contribution in [1.29, 1.82) is 0 Å². The van der Waals surface area contributed by atoms with Crippen LogP contribution >= 0.6 is 0 Å². The zero-order chi connectivity index (χ0) is 12.6. The molecule has 17 heavy (non-hydrogen) atoms. The Morgan fingerprint density at radius 1 is 1.12 bits per heavy atom. The van der Waals surface area contributed by atoms with Gasteiger partial charge in [-0.2, -0.15) is 0 Å². The highest BCUT2D eigenvalue weighted by atomic mass is 16.3. The van der Waals surface area contributed by atoms with Crippen molar-refractivity contribution < 1.29 is 9.21 Å². The smallest absolute Gasteiger partial charge is 0.196 e. The van der Waals surface area contributed by atoms with Crippen LogP contribution in [0.4, 0.5) is 5.69 Å². The lowest BCUT2D eigenvalue weighted by Crippen LogP contribution is -2.04. The normalized spacial score (nSPS) is 10.5. The van der Waals surface area contributed by atoms with E-state index in [0.29, 0.717) is 22.6 Å². The third-order valence-corrected chi connectivity index (χ3v) is 2.79. The van der Waals surface area contributed by atoms with E-state index in [0.717, 1.165) is 11.3 Å². The molecule has 3 heteroatoms. The third kappa shape index (κ3) is 2.09. The number of aryl methyl sites for hydroxylation is 3. The minimum atomic E-state index is -0.0378. The highest BCUT2D eigenvalue weighted by molar-refractivity contribution is 6.11. The first kappa shape index (κ1) is 11.5. The Bertz CT molecular complexity index is 582. The van der Waals surface area contributed by atoms with Crippen molar-refractivity contribution in [1.82, 2.24) is 0 Å². The first-order chi connectivity index (χ1) is 7.99. The summed E-state index contributed by atoms with van der Waals surface area (Å²) in [5.74, 6) is 1.35. The van der Waals surface area contributed by atoms with Gasteiger partial charge in [-0.25, -0.2) is 0 Å². The molecule has 0 bridgehead atoms. The van der Waals surface area contributed by atoms with Gasteiger partial charge >= 0.3 is 0 Å². The zero-order valence-electron chi connectivity index (χ0n) is 10.2. The van der Waals surface area contributed by atoms with Gasteiger partial charge in [0.2, 0.25) is 0 Å². The molecule has 0 aliphatic carbocycles. The maximum absolute atomic E-state index is 12.3. The van der Waals surface area contributed by atoms with Crippen LogP contribution < -0.4 is 5.73 Å². The minimum absolute atomic E-state index is 0.0378. The number of hydrogen-bond donors (Lipinski definition) is 1. The van der Waals surface area contributed by atoms with Crippen LogP contribution in [0.5, 0.6) is 0 Å². The summed E-state index contributed by atoms with van der Waals surface area (Å²) in [6.45, 7) is 5.52. The van der Waals surface area contributed by atoms with Crippen molar-refractivity contribution >= 4 is 11.5 Å². The minimum Gasteiger partial charge on any atom is -0.466 e. The van der Waals surface area contributed by atoms with Crippen molar-refractivity contribution in [3.8, 4) is 0 Å². The first-order valence-corrected chi connectivity index (χ1v) is 5.47. The lowest BCUT2D eigenvalue weighted by Gasteiger charge is -2.05. The first-order valence-electron chi connectivity index (χ1n) is 5.47. The fourth-order valence-electron chi connectivity index (χ4n) is 1.89. The maximum atomic E-state index is 12.3. The topological polar surface area (TPSA) is 56.2 Å². The molecule has 1 aromatic heterocycles. The summed E-state index contributed by atoms with van der Waals surface area (Å²) < 4.78 is 5.38. The predicted molar refractivity (Wildman–Crippen MR) is 67.2 cm³/mol. The van der Waals surface area contributed by atoms with Gasteiger partial charge in [0.05, 0.1) is 5.56 Å². The van der Waals surface area contributed by atoms with Gasteiger partial charge in [0.25, 0.3) is 0 Å². The quantitative estimate of drug-likeness (QED) is 0.636. The van der Waals surface area contributed by atoms with E-state index in [-0.39, 0.29) is 5.78 Å². The molecule has 1 heterocycles. The van der Waals surface area contributed by atoms with Gasteiger partial charge in [0, 0.05) is 11.3 Å². The molecular weight excluding hydrogens is 214 g/mol. The molecule has 2 N–H and O–H groups in total. The van der Waals surface area contributed by atoms with Gasteiger partial charge < -0.3 is 10.2 Å². The molecule has 0 fully saturated rings. The Hall–Kier alpha value is -2.03. The van der Waals surface area contributed by atoms with E-state index in [1.165, 1.54) is 0 Å². The number of nitrogens with two attached hydrogens (primary N) is 1. The van der Waals surface area contributed by atoms with E-state index in [2.05, 4.69) is 0 Å². The van der Waals surface area contributed by atoms with Crippen molar-refractivity contribution in [2.75, 3.05) is 5.73 Å². The van der Waals surface area contributed by atoms with Crippen LogP contribution in [0, 0.1) is 20.8 Å². The average Bonchev–Trinajstić information content (AvgIpc) is 2.60. The van der Waals surface area contributed by atoms with E-state index in [1.54, 1.807) is 25.1 Å². The molecule has 0 amide bonds. The summed E-state index contributed by atoms with van der Waals surface area (Å²) >= 11 is 0. The Balaban J connectivity index is 2.50. The SMILES string of the molecule is Cc1cc(C(=O)c2cc(N)ccc2C)c(C)o1. The predicted octanol–water partition coefficient (Wildman–Crippen LogP) is 3.02. The number of furan rings is 1. The number of carbonyl (C=O) groups excluding carboxylic acids is 1. The number of ketones is 1. The van der Waals surface area contributed by atoms with E-state index < -0.39 is 0 Å². The van der Waals surface area contributed by atoms with Crippen molar-refractivity contribution in [2.45, 2.75) is 20.8 Å². The molecule has 0 radical (unpaired) electrons. The van der Waals surface area contributed by atoms with E-state index in [1.807, 2.05) is 19.9 Å².